The number of hydrogen-bond acceptors (Lipinski definition) is 3. The maximum Gasteiger partial charge on any atom is 0.0631 e. The molecule has 0 spiro atoms. The Kier molecular flexibility index (Phi) is 3.98. The van der Waals surface area contributed by atoms with Gasteiger partial charge in [-0.2, -0.15) is 22.8 Å². The third-order valence-electron chi connectivity index (χ3n) is 1.47. The number of unbranched alkanes of at least 4 members (excludes halogenated alkanes) is 1. The number of thiol groups is 1. The van der Waals surface area contributed by atoms with Crippen LogP contribution in [-0.4, -0.2) is 16.0 Å². The molecule has 0 aliphatic rings. The fourth-order valence-electron chi connectivity index (χ4n) is 0.885. The largest absolute Gasteiger partial charge is 0.179 e. The Morgan fingerprint density at radius 2 is 2.27 bits per heavy atom. The average Bonchev–Trinajstić information content (AvgIpc) is 2.07. The molecule has 0 saturated carbocycles. The van der Waals surface area contributed by atoms with Crippen molar-refractivity contribution in [1.82, 2.24) is 10.2 Å². The molecule has 0 amide bonds. The van der Waals surface area contributed by atoms with E-state index in [9.17, 15) is 0 Å². The van der Waals surface area contributed by atoms with Gasteiger partial charge in [0, 0.05) is 6.20 Å². The van der Waals surface area contributed by atoms with Gasteiger partial charge in [-0.1, -0.05) is 0 Å². The summed E-state index contributed by atoms with van der Waals surface area (Å²) in [5.74, 6) is 0.959. The molecule has 11 heavy (non-hydrogen) atoms. The first kappa shape index (κ1) is 8.53. The van der Waals surface area contributed by atoms with Crippen molar-refractivity contribution in [2.45, 2.75) is 19.3 Å². The van der Waals surface area contributed by atoms with Gasteiger partial charge in [-0.15, -0.1) is 0 Å². The van der Waals surface area contributed by atoms with Gasteiger partial charge in [-0.25, -0.2) is 0 Å². The summed E-state index contributed by atoms with van der Waals surface area (Å²) in [6.07, 6.45) is 5.03. The molecule has 0 aliphatic heterocycles. The maximum atomic E-state index is 4.13. The summed E-state index contributed by atoms with van der Waals surface area (Å²) in [4.78, 5) is 0. The van der Waals surface area contributed by atoms with Gasteiger partial charge in [0.25, 0.3) is 0 Å². The van der Waals surface area contributed by atoms with Crippen LogP contribution in [0.5, 0.6) is 0 Å². The van der Waals surface area contributed by atoms with Gasteiger partial charge in [0.1, 0.15) is 0 Å². The van der Waals surface area contributed by atoms with Crippen molar-refractivity contribution >= 4 is 12.6 Å². The molecule has 0 atom stereocenters. The van der Waals surface area contributed by atoms with E-state index in [1.165, 1.54) is 0 Å². The van der Waals surface area contributed by atoms with Crippen LogP contribution in [0.1, 0.15) is 18.5 Å². The van der Waals surface area contributed by atoms with E-state index in [2.05, 4.69) is 22.8 Å². The number of hydrogen-bond donors (Lipinski definition) is 1. The number of rotatable bonds is 4. The molecule has 1 rings (SSSR count). The van der Waals surface area contributed by atoms with Crippen LogP contribution in [0.3, 0.4) is 0 Å². The summed E-state index contributed by atoms with van der Waals surface area (Å²) in [5.41, 5.74) is 1.08. The Morgan fingerprint density at radius 1 is 1.36 bits per heavy atom. The predicted octanol–water partition coefficient (Wildman–Crippen LogP) is 1.73. The number of aromatic nitrogens is 2. The van der Waals surface area contributed by atoms with E-state index in [0.717, 1.165) is 30.7 Å². The maximum absolute atomic E-state index is 4.13. The second kappa shape index (κ2) is 5.13. The molecule has 0 N–H and O–H groups in total. The van der Waals surface area contributed by atoms with E-state index < -0.39 is 0 Å². The van der Waals surface area contributed by atoms with Gasteiger partial charge in [-0.05, 0) is 37.1 Å². The molecule has 0 aliphatic carbocycles. The lowest BCUT2D eigenvalue weighted by Crippen LogP contribution is -1.91. The Bertz CT molecular complexity index is 189. The number of aryl methyl sites for hydroxylation is 1. The van der Waals surface area contributed by atoms with E-state index in [-0.39, 0.29) is 0 Å². The molecule has 3 heteroatoms. The fraction of sp³-hybridized carbons (Fsp3) is 0.500. The minimum Gasteiger partial charge on any atom is -0.179 e. The zero-order valence-electron chi connectivity index (χ0n) is 6.40. The van der Waals surface area contributed by atoms with Crippen LogP contribution in [0.4, 0.5) is 0 Å². The summed E-state index contributed by atoms with van der Waals surface area (Å²) in [5, 5.41) is 7.77. The minimum atomic E-state index is 0.959. The van der Waals surface area contributed by atoms with Crippen LogP contribution in [0.2, 0.25) is 0 Å². The van der Waals surface area contributed by atoms with Gasteiger partial charge in [0.05, 0.1) is 5.69 Å². The van der Waals surface area contributed by atoms with E-state index in [1.54, 1.807) is 6.20 Å². The van der Waals surface area contributed by atoms with Crippen LogP contribution in [-0.2, 0) is 6.42 Å². The standard InChI is InChI=1S/C8H12N2S/c11-7-2-1-4-8-5-3-6-9-10-8/h3,5-6,11H,1-2,4,7H2. The Labute approximate surface area is 72.5 Å². The molecule has 0 bridgehead atoms. The Morgan fingerprint density at radius 3 is 2.91 bits per heavy atom. The lowest BCUT2D eigenvalue weighted by Gasteiger charge is -1.95. The second-order valence-electron chi connectivity index (χ2n) is 2.40. The predicted molar refractivity (Wildman–Crippen MR) is 48.8 cm³/mol. The van der Waals surface area contributed by atoms with E-state index in [0.29, 0.717) is 0 Å². The summed E-state index contributed by atoms with van der Waals surface area (Å²) < 4.78 is 0. The normalized spacial score (nSPS) is 9.91. The van der Waals surface area contributed by atoms with Gasteiger partial charge in [-0.3, -0.25) is 0 Å². The molecular weight excluding hydrogens is 156 g/mol. The topological polar surface area (TPSA) is 25.8 Å². The van der Waals surface area contributed by atoms with Gasteiger partial charge in [0.2, 0.25) is 0 Å². The van der Waals surface area contributed by atoms with Crippen molar-refractivity contribution in [3.63, 3.8) is 0 Å². The highest BCUT2D eigenvalue weighted by molar-refractivity contribution is 7.80. The van der Waals surface area contributed by atoms with Gasteiger partial charge in [0.15, 0.2) is 0 Å². The van der Waals surface area contributed by atoms with Crippen molar-refractivity contribution in [3.05, 3.63) is 24.0 Å². The van der Waals surface area contributed by atoms with Gasteiger partial charge < -0.3 is 0 Å². The van der Waals surface area contributed by atoms with Crippen LogP contribution < -0.4 is 0 Å². The zero-order valence-corrected chi connectivity index (χ0v) is 7.30. The SMILES string of the molecule is SCCCCc1cccnn1. The minimum absolute atomic E-state index is 0.959. The third kappa shape index (κ3) is 3.37. The fourth-order valence-corrected chi connectivity index (χ4v) is 1.11. The van der Waals surface area contributed by atoms with Crippen molar-refractivity contribution in [2.75, 3.05) is 5.75 Å². The average molecular weight is 168 g/mol. The molecule has 1 aromatic heterocycles. The van der Waals surface area contributed by atoms with Crippen LogP contribution in [0.25, 0.3) is 0 Å². The zero-order chi connectivity index (χ0) is 7.94. The van der Waals surface area contributed by atoms with Crippen molar-refractivity contribution in [1.29, 1.82) is 0 Å². The first-order valence-corrected chi connectivity index (χ1v) is 4.44. The molecule has 0 unspecified atom stereocenters. The molecule has 1 aromatic rings. The monoisotopic (exact) mass is 168 g/mol. The summed E-state index contributed by atoms with van der Waals surface area (Å²) in [6, 6.07) is 3.93. The van der Waals surface area contributed by atoms with Crippen molar-refractivity contribution in [3.8, 4) is 0 Å². The molecule has 2 nitrogen and oxygen atoms in total. The summed E-state index contributed by atoms with van der Waals surface area (Å²) in [6.45, 7) is 0. The van der Waals surface area contributed by atoms with E-state index in [4.69, 9.17) is 0 Å². The van der Waals surface area contributed by atoms with Crippen LogP contribution in [0.15, 0.2) is 18.3 Å². The lowest BCUT2D eigenvalue weighted by molar-refractivity contribution is 0.766. The summed E-state index contributed by atoms with van der Waals surface area (Å²) in [7, 11) is 0. The highest BCUT2D eigenvalue weighted by atomic mass is 32.1. The second-order valence-corrected chi connectivity index (χ2v) is 2.84. The molecule has 0 fully saturated rings. The smallest absolute Gasteiger partial charge is 0.0631 e. The van der Waals surface area contributed by atoms with E-state index >= 15 is 0 Å². The number of nitrogens with zero attached hydrogens (tertiary/aromatic N) is 2. The molecule has 1 heterocycles. The molecule has 0 saturated heterocycles. The van der Waals surface area contributed by atoms with Crippen LogP contribution >= 0.6 is 12.6 Å². The Balaban J connectivity index is 2.28. The first-order chi connectivity index (χ1) is 5.43. The molecule has 60 valence electrons. The highest BCUT2D eigenvalue weighted by Gasteiger charge is 1.91. The molecule has 0 aromatic carbocycles. The third-order valence-corrected chi connectivity index (χ3v) is 1.78. The quantitative estimate of drug-likeness (QED) is 0.547. The molecule has 0 radical (unpaired) electrons. The van der Waals surface area contributed by atoms with Crippen LogP contribution in [0, 0.1) is 0 Å². The van der Waals surface area contributed by atoms with Crippen molar-refractivity contribution in [2.24, 2.45) is 0 Å². The van der Waals surface area contributed by atoms with Gasteiger partial charge >= 0.3 is 0 Å². The molecular formula is C8H12N2S. The highest BCUT2D eigenvalue weighted by Crippen LogP contribution is 2.00. The summed E-state index contributed by atoms with van der Waals surface area (Å²) >= 11 is 4.13. The van der Waals surface area contributed by atoms with Crippen molar-refractivity contribution < 1.29 is 0 Å². The first-order valence-electron chi connectivity index (χ1n) is 3.81. The Hall–Kier alpha value is -0.570. The lowest BCUT2D eigenvalue weighted by atomic mass is 10.2. The van der Waals surface area contributed by atoms with E-state index in [1.807, 2.05) is 12.1 Å².